The third-order valence-electron chi connectivity index (χ3n) is 3.47. The van der Waals surface area contributed by atoms with Crippen LogP contribution in [0.1, 0.15) is 17.4 Å². The zero-order valence-electron chi connectivity index (χ0n) is 13.4. The lowest BCUT2D eigenvalue weighted by molar-refractivity contribution is -0.151. The Labute approximate surface area is 153 Å². The van der Waals surface area contributed by atoms with Crippen LogP contribution in [-0.4, -0.2) is 29.9 Å². The highest BCUT2D eigenvalue weighted by molar-refractivity contribution is 9.11. The van der Waals surface area contributed by atoms with Crippen LogP contribution in [0.2, 0.25) is 0 Å². The summed E-state index contributed by atoms with van der Waals surface area (Å²) >= 11 is 4.92. The largest absolute Gasteiger partial charge is 0.467 e. The Morgan fingerprint density at radius 2 is 1.96 bits per heavy atom. The van der Waals surface area contributed by atoms with Crippen LogP contribution >= 0.6 is 27.3 Å². The third-order valence-corrected chi connectivity index (χ3v) is 5.06. The number of thiophene rings is 1. The lowest BCUT2D eigenvalue weighted by Crippen LogP contribution is -2.42. The molecule has 0 fully saturated rings. The summed E-state index contributed by atoms with van der Waals surface area (Å²) in [6.07, 6.45) is 3.24. The van der Waals surface area contributed by atoms with Gasteiger partial charge < -0.3 is 9.64 Å². The lowest BCUT2D eigenvalue weighted by atomic mass is 10.1. The zero-order valence-corrected chi connectivity index (χ0v) is 15.8. The van der Waals surface area contributed by atoms with Crippen molar-refractivity contribution in [2.24, 2.45) is 0 Å². The highest BCUT2D eigenvalue weighted by Gasteiger charge is 2.25. The number of hydrogen-bond donors (Lipinski definition) is 0. The fraction of sp³-hybridized carbons (Fsp3) is 0.222. The number of halogens is 1. The summed E-state index contributed by atoms with van der Waals surface area (Å²) in [5, 5.41) is 0. The van der Waals surface area contributed by atoms with E-state index in [4.69, 9.17) is 4.74 Å². The molecule has 0 aliphatic rings. The van der Waals surface area contributed by atoms with Gasteiger partial charge in [0.15, 0.2) is 0 Å². The minimum atomic E-state index is -0.664. The normalized spacial score (nSPS) is 12.1. The Balaban J connectivity index is 2.18. The van der Waals surface area contributed by atoms with Crippen molar-refractivity contribution >= 4 is 45.2 Å². The monoisotopic (exact) mass is 407 g/mol. The van der Waals surface area contributed by atoms with Gasteiger partial charge in [0.25, 0.3) is 0 Å². The number of methoxy groups -OCH3 is 1. The van der Waals surface area contributed by atoms with E-state index in [1.165, 1.54) is 29.4 Å². The second kappa shape index (κ2) is 8.80. The van der Waals surface area contributed by atoms with E-state index in [2.05, 4.69) is 15.9 Å². The zero-order chi connectivity index (χ0) is 17.5. The molecule has 1 aromatic heterocycles. The van der Waals surface area contributed by atoms with Gasteiger partial charge in [0.05, 0.1) is 10.9 Å². The maximum absolute atomic E-state index is 12.6. The predicted octanol–water partition coefficient (Wildman–Crippen LogP) is 4.11. The Bertz CT molecular complexity index is 727. The minimum Gasteiger partial charge on any atom is -0.467 e. The fourth-order valence-corrected chi connectivity index (χ4v) is 3.48. The molecule has 1 atom stereocenters. The van der Waals surface area contributed by atoms with E-state index in [1.807, 2.05) is 42.5 Å². The standard InChI is InChI=1S/C18H18BrNO3S/c1-13(18(22)23-2)20(12-14-6-4-3-5-7-14)17(21)11-9-15-8-10-16(19)24-15/h3-11,13H,12H2,1-2H3/t13-/m0/s1. The number of rotatable bonds is 6. The number of esters is 1. The van der Waals surface area contributed by atoms with Gasteiger partial charge >= 0.3 is 5.97 Å². The van der Waals surface area contributed by atoms with Gasteiger partial charge in [-0.15, -0.1) is 11.3 Å². The topological polar surface area (TPSA) is 46.6 Å². The van der Waals surface area contributed by atoms with E-state index in [0.717, 1.165) is 14.2 Å². The van der Waals surface area contributed by atoms with Crippen LogP contribution < -0.4 is 0 Å². The molecule has 0 aliphatic heterocycles. The van der Waals surface area contributed by atoms with E-state index >= 15 is 0 Å². The van der Waals surface area contributed by atoms with Crippen LogP contribution in [0.15, 0.2) is 52.3 Å². The van der Waals surface area contributed by atoms with Gasteiger partial charge in [0.2, 0.25) is 5.91 Å². The molecule has 0 aliphatic carbocycles. The molecule has 0 N–H and O–H groups in total. The average molecular weight is 408 g/mol. The Morgan fingerprint density at radius 3 is 2.54 bits per heavy atom. The van der Waals surface area contributed by atoms with Crippen molar-refractivity contribution in [2.75, 3.05) is 7.11 Å². The molecular weight excluding hydrogens is 390 g/mol. The second-order valence-electron chi connectivity index (χ2n) is 5.13. The molecule has 1 amide bonds. The summed E-state index contributed by atoms with van der Waals surface area (Å²) in [6.45, 7) is 2.01. The van der Waals surface area contributed by atoms with Crippen molar-refractivity contribution in [1.29, 1.82) is 0 Å². The van der Waals surface area contributed by atoms with Crippen molar-refractivity contribution < 1.29 is 14.3 Å². The average Bonchev–Trinajstić information content (AvgIpc) is 3.02. The molecule has 0 saturated heterocycles. The number of carbonyl (C=O) groups excluding carboxylic acids is 2. The molecule has 2 aromatic rings. The van der Waals surface area contributed by atoms with E-state index in [9.17, 15) is 9.59 Å². The first-order chi connectivity index (χ1) is 11.5. The fourth-order valence-electron chi connectivity index (χ4n) is 2.15. The molecule has 1 aromatic carbocycles. The van der Waals surface area contributed by atoms with Crippen molar-refractivity contribution in [3.05, 3.63) is 62.8 Å². The molecule has 6 heteroatoms. The third kappa shape index (κ3) is 5.04. The molecule has 0 saturated carbocycles. The molecule has 0 spiro atoms. The predicted molar refractivity (Wildman–Crippen MR) is 99.5 cm³/mol. The quantitative estimate of drug-likeness (QED) is 0.534. The number of nitrogens with zero attached hydrogens (tertiary/aromatic N) is 1. The first-order valence-electron chi connectivity index (χ1n) is 7.37. The van der Waals surface area contributed by atoms with E-state index in [-0.39, 0.29) is 5.91 Å². The van der Waals surface area contributed by atoms with Crippen LogP contribution in [0.4, 0.5) is 0 Å². The van der Waals surface area contributed by atoms with Crippen molar-refractivity contribution in [2.45, 2.75) is 19.5 Å². The summed E-state index contributed by atoms with van der Waals surface area (Å²) in [7, 11) is 1.32. The van der Waals surface area contributed by atoms with Crippen molar-refractivity contribution in [3.63, 3.8) is 0 Å². The van der Waals surface area contributed by atoms with Crippen molar-refractivity contribution in [3.8, 4) is 0 Å². The maximum atomic E-state index is 12.6. The van der Waals surface area contributed by atoms with E-state index in [1.54, 1.807) is 13.0 Å². The molecule has 126 valence electrons. The maximum Gasteiger partial charge on any atom is 0.328 e. The van der Waals surface area contributed by atoms with Crippen molar-refractivity contribution in [1.82, 2.24) is 4.90 Å². The first kappa shape index (κ1) is 18.4. The molecule has 0 unspecified atom stereocenters. The van der Waals surface area contributed by atoms with Gasteiger partial charge in [-0.1, -0.05) is 30.3 Å². The number of ether oxygens (including phenoxy) is 1. The second-order valence-corrected chi connectivity index (χ2v) is 7.62. The number of hydrogen-bond acceptors (Lipinski definition) is 4. The highest BCUT2D eigenvalue weighted by Crippen LogP contribution is 2.23. The molecule has 0 bridgehead atoms. The van der Waals surface area contributed by atoms with Gasteiger partial charge in [0, 0.05) is 17.5 Å². The summed E-state index contributed by atoms with van der Waals surface area (Å²) in [5.41, 5.74) is 0.953. The van der Waals surface area contributed by atoms with Crippen LogP contribution in [0.3, 0.4) is 0 Å². The van der Waals surface area contributed by atoms with Crippen LogP contribution in [0.25, 0.3) is 6.08 Å². The minimum absolute atomic E-state index is 0.235. The molecule has 24 heavy (non-hydrogen) atoms. The molecule has 0 radical (unpaired) electrons. The van der Waals surface area contributed by atoms with Crippen LogP contribution in [0.5, 0.6) is 0 Å². The molecular formula is C18H18BrNO3S. The van der Waals surface area contributed by atoms with Gasteiger partial charge in [-0.3, -0.25) is 4.79 Å². The van der Waals surface area contributed by atoms with E-state index < -0.39 is 12.0 Å². The molecule has 2 rings (SSSR count). The lowest BCUT2D eigenvalue weighted by Gasteiger charge is -2.26. The highest BCUT2D eigenvalue weighted by atomic mass is 79.9. The summed E-state index contributed by atoms with van der Waals surface area (Å²) < 4.78 is 5.78. The van der Waals surface area contributed by atoms with Crippen LogP contribution in [0, 0.1) is 0 Å². The summed E-state index contributed by atoms with van der Waals surface area (Å²) in [6, 6.07) is 12.7. The number of carbonyl (C=O) groups is 2. The SMILES string of the molecule is COC(=O)[C@H](C)N(Cc1ccccc1)C(=O)C=Cc1ccc(Br)s1. The van der Waals surface area contributed by atoms with Gasteiger partial charge in [-0.05, 0) is 46.6 Å². The number of benzene rings is 1. The van der Waals surface area contributed by atoms with Crippen LogP contribution in [-0.2, 0) is 20.9 Å². The Morgan fingerprint density at radius 1 is 1.25 bits per heavy atom. The first-order valence-corrected chi connectivity index (χ1v) is 8.98. The van der Waals surface area contributed by atoms with Gasteiger partial charge in [0.1, 0.15) is 6.04 Å². The summed E-state index contributed by atoms with van der Waals surface area (Å²) in [5.74, 6) is -0.673. The smallest absolute Gasteiger partial charge is 0.328 e. The van der Waals surface area contributed by atoms with E-state index in [0.29, 0.717) is 6.54 Å². The van der Waals surface area contributed by atoms with Gasteiger partial charge in [-0.25, -0.2) is 4.79 Å². The number of amides is 1. The summed E-state index contributed by atoms with van der Waals surface area (Å²) in [4.78, 5) is 27.0. The van der Waals surface area contributed by atoms with Gasteiger partial charge in [-0.2, -0.15) is 0 Å². The molecule has 4 nitrogen and oxygen atoms in total. The Kier molecular flexibility index (Phi) is 6.75. The molecule has 1 heterocycles. The Hall–Kier alpha value is -1.92.